The van der Waals surface area contributed by atoms with Crippen molar-refractivity contribution in [3.05, 3.63) is 12.0 Å². The summed E-state index contributed by atoms with van der Waals surface area (Å²) in [6.45, 7) is 0. The first kappa shape index (κ1) is 10.2. The molecular formula is C6H8ClN3O2S. The lowest BCUT2D eigenvalue weighted by atomic mass is 10.5. The summed E-state index contributed by atoms with van der Waals surface area (Å²) in [6.07, 6.45) is 2.21. The maximum atomic E-state index is 11.1. The molecule has 1 rings (SSSR count). The van der Waals surface area contributed by atoms with Crippen molar-refractivity contribution >= 4 is 27.3 Å². The van der Waals surface area contributed by atoms with E-state index < -0.39 is 9.84 Å². The highest BCUT2D eigenvalue weighted by atomic mass is 35.5. The van der Waals surface area contributed by atoms with Crippen molar-refractivity contribution in [3.63, 3.8) is 0 Å². The van der Waals surface area contributed by atoms with E-state index in [9.17, 15) is 8.42 Å². The summed E-state index contributed by atoms with van der Waals surface area (Å²) in [7, 11) is -3.35. The molecule has 0 bridgehead atoms. The van der Waals surface area contributed by atoms with Gasteiger partial charge in [0.15, 0.2) is 9.84 Å². The molecule has 1 heterocycles. The fourth-order valence-corrected chi connectivity index (χ4v) is 1.57. The fraction of sp³-hybridized carbons (Fsp3) is 0.333. The number of nitrogen functional groups attached to an aromatic ring is 1. The third-order valence-electron chi connectivity index (χ3n) is 1.35. The first-order valence-electron chi connectivity index (χ1n) is 3.32. The van der Waals surface area contributed by atoms with Crippen molar-refractivity contribution in [2.45, 2.75) is 10.8 Å². The lowest BCUT2D eigenvalue weighted by molar-refractivity contribution is 0.601. The van der Waals surface area contributed by atoms with E-state index in [0.717, 1.165) is 12.5 Å². The summed E-state index contributed by atoms with van der Waals surface area (Å²) in [5.74, 6) is 0.355. The van der Waals surface area contributed by atoms with Gasteiger partial charge in [-0.05, 0) is 0 Å². The topological polar surface area (TPSA) is 85.9 Å². The molecule has 5 nitrogen and oxygen atoms in total. The maximum Gasteiger partial charge on any atom is 0.180 e. The molecule has 0 saturated carbocycles. The van der Waals surface area contributed by atoms with Gasteiger partial charge in [0.25, 0.3) is 0 Å². The molecule has 0 amide bonds. The molecule has 0 atom stereocenters. The Balaban J connectivity index is 3.29. The van der Waals surface area contributed by atoms with Gasteiger partial charge in [-0.3, -0.25) is 0 Å². The molecule has 0 aliphatic heterocycles. The SMILES string of the molecule is CS(=O)(=O)c1cnc(CCl)nc1N. The Morgan fingerprint density at radius 1 is 1.62 bits per heavy atom. The Morgan fingerprint density at radius 3 is 2.62 bits per heavy atom. The first-order chi connectivity index (χ1) is 5.95. The maximum absolute atomic E-state index is 11.1. The third kappa shape index (κ3) is 2.28. The second-order valence-corrected chi connectivity index (χ2v) is 4.69. The van der Waals surface area contributed by atoms with E-state index in [1.165, 1.54) is 0 Å². The third-order valence-corrected chi connectivity index (χ3v) is 2.70. The quantitative estimate of drug-likeness (QED) is 0.721. The normalized spacial score (nSPS) is 11.5. The van der Waals surface area contributed by atoms with Crippen LogP contribution in [-0.2, 0) is 15.7 Å². The lowest BCUT2D eigenvalue weighted by Crippen LogP contribution is -2.07. The molecule has 72 valence electrons. The van der Waals surface area contributed by atoms with E-state index >= 15 is 0 Å². The fourth-order valence-electron chi connectivity index (χ4n) is 0.772. The summed E-state index contributed by atoms with van der Waals surface area (Å²) in [4.78, 5) is 7.37. The molecular weight excluding hydrogens is 214 g/mol. The van der Waals surface area contributed by atoms with Gasteiger partial charge in [-0.1, -0.05) is 0 Å². The standard InChI is InChI=1S/C6H8ClN3O2S/c1-13(11,12)4-3-9-5(2-7)10-6(4)8/h3H,2H2,1H3,(H2,8,9,10). The number of hydrogen-bond donors (Lipinski definition) is 1. The van der Waals surface area contributed by atoms with E-state index in [-0.39, 0.29) is 16.6 Å². The average Bonchev–Trinajstić information content (AvgIpc) is 2.01. The molecule has 13 heavy (non-hydrogen) atoms. The number of nitrogens with two attached hydrogens (primary N) is 1. The summed E-state index contributed by atoms with van der Waals surface area (Å²) in [5, 5.41) is 0. The van der Waals surface area contributed by atoms with Crippen LogP contribution in [0.3, 0.4) is 0 Å². The van der Waals surface area contributed by atoms with Gasteiger partial charge in [-0.2, -0.15) is 0 Å². The van der Waals surface area contributed by atoms with Crippen LogP contribution in [0.1, 0.15) is 5.82 Å². The number of aromatic nitrogens is 2. The van der Waals surface area contributed by atoms with Crippen LogP contribution >= 0.6 is 11.6 Å². The molecule has 0 unspecified atom stereocenters. The zero-order valence-corrected chi connectivity index (χ0v) is 8.43. The minimum Gasteiger partial charge on any atom is -0.383 e. The van der Waals surface area contributed by atoms with Crippen molar-refractivity contribution in [2.75, 3.05) is 12.0 Å². The average molecular weight is 222 g/mol. The molecule has 0 radical (unpaired) electrons. The number of alkyl halides is 1. The van der Waals surface area contributed by atoms with E-state index in [4.69, 9.17) is 17.3 Å². The Labute approximate surface area is 80.9 Å². The number of halogens is 1. The van der Waals surface area contributed by atoms with Crippen LogP contribution in [-0.4, -0.2) is 24.6 Å². The highest BCUT2D eigenvalue weighted by Crippen LogP contribution is 2.14. The van der Waals surface area contributed by atoms with Crippen molar-refractivity contribution in [1.29, 1.82) is 0 Å². The molecule has 7 heteroatoms. The van der Waals surface area contributed by atoms with Gasteiger partial charge >= 0.3 is 0 Å². The van der Waals surface area contributed by atoms with Gasteiger partial charge in [0, 0.05) is 6.26 Å². The van der Waals surface area contributed by atoms with Gasteiger partial charge in [-0.15, -0.1) is 11.6 Å². The van der Waals surface area contributed by atoms with Gasteiger partial charge in [0.2, 0.25) is 0 Å². The van der Waals surface area contributed by atoms with Crippen molar-refractivity contribution < 1.29 is 8.42 Å². The Hall–Kier alpha value is -0.880. The van der Waals surface area contributed by atoms with E-state index in [1.807, 2.05) is 0 Å². The summed E-state index contributed by atoms with van der Waals surface area (Å²) in [6, 6.07) is 0. The Kier molecular flexibility index (Phi) is 2.72. The number of rotatable bonds is 2. The molecule has 0 fully saturated rings. The second-order valence-electron chi connectivity index (χ2n) is 2.44. The monoisotopic (exact) mass is 221 g/mol. The van der Waals surface area contributed by atoms with Crippen LogP contribution in [0.25, 0.3) is 0 Å². The van der Waals surface area contributed by atoms with Gasteiger partial charge in [0.1, 0.15) is 16.5 Å². The van der Waals surface area contributed by atoms with E-state index in [2.05, 4.69) is 9.97 Å². The Bertz CT molecular complexity index is 418. The van der Waals surface area contributed by atoms with Gasteiger partial charge in [-0.25, -0.2) is 18.4 Å². The summed E-state index contributed by atoms with van der Waals surface area (Å²) in [5.41, 5.74) is 5.39. The zero-order chi connectivity index (χ0) is 10.1. The minimum absolute atomic E-state index is 0.0619. The van der Waals surface area contributed by atoms with Crippen LogP contribution in [0.15, 0.2) is 11.1 Å². The minimum atomic E-state index is -3.35. The van der Waals surface area contributed by atoms with Gasteiger partial charge < -0.3 is 5.73 Å². The predicted molar refractivity (Wildman–Crippen MR) is 49.1 cm³/mol. The first-order valence-corrected chi connectivity index (χ1v) is 5.75. The van der Waals surface area contributed by atoms with Crippen LogP contribution in [0.4, 0.5) is 5.82 Å². The Morgan fingerprint density at radius 2 is 2.23 bits per heavy atom. The second kappa shape index (κ2) is 3.47. The number of nitrogens with zero attached hydrogens (tertiary/aromatic N) is 2. The van der Waals surface area contributed by atoms with Crippen LogP contribution in [0, 0.1) is 0 Å². The zero-order valence-electron chi connectivity index (χ0n) is 6.86. The van der Waals surface area contributed by atoms with Crippen LogP contribution in [0.2, 0.25) is 0 Å². The highest BCUT2D eigenvalue weighted by molar-refractivity contribution is 7.90. The van der Waals surface area contributed by atoms with Gasteiger partial charge in [0.05, 0.1) is 12.1 Å². The number of sulfone groups is 1. The lowest BCUT2D eigenvalue weighted by Gasteiger charge is -2.02. The smallest absolute Gasteiger partial charge is 0.180 e. The van der Waals surface area contributed by atoms with Crippen LogP contribution < -0.4 is 5.73 Å². The predicted octanol–water partition coefficient (Wildman–Crippen LogP) is 0.201. The van der Waals surface area contributed by atoms with Crippen molar-refractivity contribution in [1.82, 2.24) is 9.97 Å². The highest BCUT2D eigenvalue weighted by Gasteiger charge is 2.13. The van der Waals surface area contributed by atoms with E-state index in [1.54, 1.807) is 0 Å². The molecule has 0 saturated heterocycles. The molecule has 1 aromatic rings. The molecule has 0 spiro atoms. The molecule has 0 aromatic carbocycles. The molecule has 0 aliphatic carbocycles. The molecule has 1 aromatic heterocycles. The number of hydrogen-bond acceptors (Lipinski definition) is 5. The molecule has 2 N–H and O–H groups in total. The number of anilines is 1. The van der Waals surface area contributed by atoms with E-state index in [0.29, 0.717) is 5.82 Å². The summed E-state index contributed by atoms with van der Waals surface area (Å²) < 4.78 is 22.1. The van der Waals surface area contributed by atoms with Crippen molar-refractivity contribution in [2.24, 2.45) is 0 Å². The van der Waals surface area contributed by atoms with Crippen LogP contribution in [0.5, 0.6) is 0 Å². The van der Waals surface area contributed by atoms with Crippen molar-refractivity contribution in [3.8, 4) is 0 Å². The molecule has 0 aliphatic rings. The summed E-state index contributed by atoms with van der Waals surface area (Å²) >= 11 is 5.44. The largest absolute Gasteiger partial charge is 0.383 e.